The molecule has 0 saturated heterocycles. The minimum Gasteiger partial charge on any atom is -0.378 e. The van der Waals surface area contributed by atoms with Gasteiger partial charge in [0.25, 0.3) is 0 Å². The molecule has 0 aliphatic rings. The number of nitrogens with one attached hydrogen (secondary N) is 1. The normalized spacial score (nSPS) is 12.2. The van der Waals surface area contributed by atoms with Crippen LogP contribution in [0, 0.1) is 11.6 Å². The molecular weight excluding hydrogens is 258 g/mol. The quantitative estimate of drug-likeness (QED) is 0.921. The van der Waals surface area contributed by atoms with Gasteiger partial charge >= 0.3 is 0 Å². The molecule has 4 heteroatoms. The maximum Gasteiger partial charge on any atom is 0.131 e. The standard InChI is InChI=1S/C16H18F2N2/c1-19-16(14-9-6-12(17)10-15(14)18)11-4-7-13(8-5-11)20(2)3/h4-10,16,19H,1-3H3. The zero-order valence-electron chi connectivity index (χ0n) is 11.8. The summed E-state index contributed by atoms with van der Waals surface area (Å²) in [7, 11) is 5.68. The molecule has 1 atom stereocenters. The summed E-state index contributed by atoms with van der Waals surface area (Å²) >= 11 is 0. The third kappa shape index (κ3) is 2.96. The van der Waals surface area contributed by atoms with Crippen molar-refractivity contribution in [3.05, 3.63) is 65.2 Å². The van der Waals surface area contributed by atoms with Crippen LogP contribution in [-0.2, 0) is 0 Å². The predicted octanol–water partition coefficient (Wildman–Crippen LogP) is 3.34. The van der Waals surface area contributed by atoms with Crippen LogP contribution in [-0.4, -0.2) is 21.1 Å². The van der Waals surface area contributed by atoms with Crippen molar-refractivity contribution in [2.24, 2.45) is 0 Å². The highest BCUT2D eigenvalue weighted by Crippen LogP contribution is 2.26. The van der Waals surface area contributed by atoms with Crippen LogP contribution in [0.2, 0.25) is 0 Å². The van der Waals surface area contributed by atoms with Gasteiger partial charge in [-0.25, -0.2) is 8.78 Å². The topological polar surface area (TPSA) is 15.3 Å². The summed E-state index contributed by atoms with van der Waals surface area (Å²) in [5.74, 6) is -1.11. The van der Waals surface area contributed by atoms with Gasteiger partial charge in [0.2, 0.25) is 0 Å². The zero-order chi connectivity index (χ0) is 14.7. The summed E-state index contributed by atoms with van der Waals surface area (Å²) < 4.78 is 26.9. The predicted molar refractivity (Wildman–Crippen MR) is 78.0 cm³/mol. The molecule has 0 heterocycles. The van der Waals surface area contributed by atoms with Gasteiger partial charge in [-0.2, -0.15) is 0 Å². The number of hydrogen-bond acceptors (Lipinski definition) is 2. The molecular formula is C16H18F2N2. The Kier molecular flexibility index (Phi) is 4.35. The molecule has 0 amide bonds. The lowest BCUT2D eigenvalue weighted by atomic mass is 9.98. The highest BCUT2D eigenvalue weighted by atomic mass is 19.1. The molecule has 0 fully saturated rings. The van der Waals surface area contributed by atoms with Crippen molar-refractivity contribution in [1.82, 2.24) is 5.32 Å². The number of hydrogen-bond donors (Lipinski definition) is 1. The molecule has 0 spiro atoms. The summed E-state index contributed by atoms with van der Waals surface area (Å²) in [5.41, 5.74) is 2.44. The molecule has 106 valence electrons. The minimum atomic E-state index is -0.566. The van der Waals surface area contributed by atoms with E-state index in [1.165, 1.54) is 12.1 Å². The van der Waals surface area contributed by atoms with E-state index in [-0.39, 0.29) is 6.04 Å². The maximum absolute atomic E-state index is 13.9. The number of nitrogens with zero attached hydrogens (tertiary/aromatic N) is 1. The molecule has 0 aliphatic heterocycles. The fourth-order valence-electron chi connectivity index (χ4n) is 2.20. The molecule has 0 radical (unpaired) electrons. The average Bonchev–Trinajstić information content (AvgIpc) is 2.42. The lowest BCUT2D eigenvalue weighted by molar-refractivity contribution is 0.552. The molecule has 20 heavy (non-hydrogen) atoms. The second-order valence-corrected chi connectivity index (χ2v) is 4.87. The van der Waals surface area contributed by atoms with Crippen molar-refractivity contribution >= 4 is 5.69 Å². The van der Waals surface area contributed by atoms with Crippen molar-refractivity contribution < 1.29 is 8.78 Å². The van der Waals surface area contributed by atoms with Crippen molar-refractivity contribution in [2.75, 3.05) is 26.0 Å². The van der Waals surface area contributed by atoms with Gasteiger partial charge < -0.3 is 10.2 Å². The van der Waals surface area contributed by atoms with Crippen molar-refractivity contribution in [1.29, 1.82) is 0 Å². The van der Waals surface area contributed by atoms with E-state index in [0.717, 1.165) is 17.3 Å². The van der Waals surface area contributed by atoms with Gasteiger partial charge in [0.15, 0.2) is 0 Å². The minimum absolute atomic E-state index is 0.299. The van der Waals surface area contributed by atoms with Gasteiger partial charge in [0, 0.05) is 31.4 Å². The van der Waals surface area contributed by atoms with E-state index in [2.05, 4.69) is 5.32 Å². The van der Waals surface area contributed by atoms with Crippen LogP contribution < -0.4 is 10.2 Å². The first-order valence-corrected chi connectivity index (χ1v) is 6.42. The van der Waals surface area contributed by atoms with E-state index in [1.54, 1.807) is 7.05 Å². The van der Waals surface area contributed by atoms with E-state index in [0.29, 0.717) is 5.56 Å². The molecule has 2 nitrogen and oxygen atoms in total. The summed E-state index contributed by atoms with van der Waals surface area (Å²) in [6.45, 7) is 0. The summed E-state index contributed by atoms with van der Waals surface area (Å²) in [5, 5.41) is 3.07. The summed E-state index contributed by atoms with van der Waals surface area (Å²) in [6.07, 6.45) is 0. The highest BCUT2D eigenvalue weighted by molar-refractivity contribution is 5.47. The largest absolute Gasteiger partial charge is 0.378 e. The smallest absolute Gasteiger partial charge is 0.131 e. The monoisotopic (exact) mass is 276 g/mol. The molecule has 2 aromatic rings. The van der Waals surface area contributed by atoms with Crippen LogP contribution in [0.5, 0.6) is 0 Å². The van der Waals surface area contributed by atoms with E-state index < -0.39 is 11.6 Å². The van der Waals surface area contributed by atoms with Crippen LogP contribution >= 0.6 is 0 Å². The Hall–Kier alpha value is -1.94. The number of halogens is 2. The molecule has 0 saturated carbocycles. The molecule has 0 aromatic heterocycles. The first kappa shape index (κ1) is 14.5. The van der Waals surface area contributed by atoms with Crippen LogP contribution in [0.15, 0.2) is 42.5 Å². The molecule has 0 aliphatic carbocycles. The fraction of sp³-hybridized carbons (Fsp3) is 0.250. The number of rotatable bonds is 4. The maximum atomic E-state index is 13.9. The van der Waals surface area contributed by atoms with Crippen molar-refractivity contribution in [3.8, 4) is 0 Å². The summed E-state index contributed by atoms with van der Waals surface area (Å²) in [6, 6.07) is 11.2. The van der Waals surface area contributed by atoms with Crippen LogP contribution in [0.1, 0.15) is 17.2 Å². The Balaban J connectivity index is 2.36. The Morgan fingerprint density at radius 1 is 1.00 bits per heavy atom. The third-order valence-electron chi connectivity index (χ3n) is 3.30. The lowest BCUT2D eigenvalue weighted by Gasteiger charge is -2.19. The van der Waals surface area contributed by atoms with E-state index in [1.807, 2.05) is 43.3 Å². The fourth-order valence-corrected chi connectivity index (χ4v) is 2.20. The lowest BCUT2D eigenvalue weighted by Crippen LogP contribution is -2.19. The van der Waals surface area contributed by atoms with Gasteiger partial charge in [-0.15, -0.1) is 0 Å². The average molecular weight is 276 g/mol. The zero-order valence-corrected chi connectivity index (χ0v) is 11.8. The Morgan fingerprint density at radius 2 is 1.65 bits per heavy atom. The van der Waals surface area contributed by atoms with Crippen molar-refractivity contribution in [2.45, 2.75) is 6.04 Å². The molecule has 0 bridgehead atoms. The van der Waals surface area contributed by atoms with Crippen molar-refractivity contribution in [3.63, 3.8) is 0 Å². The van der Waals surface area contributed by atoms with Gasteiger partial charge in [0.1, 0.15) is 11.6 Å². The van der Waals surface area contributed by atoms with Gasteiger partial charge in [-0.05, 0) is 30.8 Å². The van der Waals surface area contributed by atoms with Crippen LogP contribution in [0.4, 0.5) is 14.5 Å². The number of benzene rings is 2. The SMILES string of the molecule is CNC(c1ccc(N(C)C)cc1)c1ccc(F)cc1F. The molecule has 1 unspecified atom stereocenters. The Morgan fingerprint density at radius 3 is 2.15 bits per heavy atom. The van der Waals surface area contributed by atoms with Gasteiger partial charge in [-0.3, -0.25) is 0 Å². The van der Waals surface area contributed by atoms with Crippen LogP contribution in [0.25, 0.3) is 0 Å². The third-order valence-corrected chi connectivity index (χ3v) is 3.30. The highest BCUT2D eigenvalue weighted by Gasteiger charge is 2.16. The Bertz CT molecular complexity index is 580. The first-order chi connectivity index (χ1) is 9.52. The molecule has 2 aromatic carbocycles. The number of anilines is 1. The van der Waals surface area contributed by atoms with Crippen LogP contribution in [0.3, 0.4) is 0 Å². The van der Waals surface area contributed by atoms with E-state index in [4.69, 9.17) is 0 Å². The Labute approximate surface area is 118 Å². The second-order valence-electron chi connectivity index (χ2n) is 4.87. The summed E-state index contributed by atoms with van der Waals surface area (Å²) in [4.78, 5) is 2.00. The molecule has 1 N–H and O–H groups in total. The van der Waals surface area contributed by atoms with Gasteiger partial charge in [0.05, 0.1) is 6.04 Å². The van der Waals surface area contributed by atoms with E-state index >= 15 is 0 Å². The molecule has 2 rings (SSSR count). The van der Waals surface area contributed by atoms with Gasteiger partial charge in [-0.1, -0.05) is 18.2 Å². The van der Waals surface area contributed by atoms with E-state index in [9.17, 15) is 8.78 Å². The first-order valence-electron chi connectivity index (χ1n) is 6.42. The second kappa shape index (κ2) is 6.01.